The Bertz CT molecular complexity index is 237. The van der Waals surface area contributed by atoms with Crippen molar-refractivity contribution in [2.24, 2.45) is 0 Å². The van der Waals surface area contributed by atoms with Crippen LogP contribution in [0.3, 0.4) is 0 Å². The molecule has 2 fully saturated rings. The van der Waals surface area contributed by atoms with Gasteiger partial charge in [0.05, 0.1) is 12.5 Å². The van der Waals surface area contributed by atoms with Crippen LogP contribution >= 0.6 is 0 Å². The lowest BCUT2D eigenvalue weighted by Crippen LogP contribution is -2.53. The first-order valence-corrected chi connectivity index (χ1v) is 4.28. The van der Waals surface area contributed by atoms with Crippen molar-refractivity contribution in [3.05, 3.63) is 12.2 Å². The van der Waals surface area contributed by atoms with Crippen LogP contribution in [0.4, 0.5) is 0 Å². The lowest BCUT2D eigenvalue weighted by atomic mass is 10.1. The van der Waals surface area contributed by atoms with Crippen LogP contribution in [0, 0.1) is 0 Å². The smallest absolute Gasteiger partial charge is 0.229 e. The van der Waals surface area contributed by atoms with Crippen LogP contribution < -0.4 is 0 Å². The van der Waals surface area contributed by atoms with E-state index in [4.69, 9.17) is 4.74 Å². The van der Waals surface area contributed by atoms with Gasteiger partial charge in [0.1, 0.15) is 6.23 Å². The molecule has 3 nitrogen and oxygen atoms in total. The predicted molar refractivity (Wildman–Crippen MR) is 44.4 cm³/mol. The Hall–Kier alpha value is -0.830. The van der Waals surface area contributed by atoms with Gasteiger partial charge in [0.15, 0.2) is 0 Å². The van der Waals surface area contributed by atoms with Gasteiger partial charge in [-0.3, -0.25) is 4.79 Å². The van der Waals surface area contributed by atoms with Gasteiger partial charge in [-0.25, -0.2) is 0 Å². The maximum atomic E-state index is 11.1. The van der Waals surface area contributed by atoms with Crippen molar-refractivity contribution in [2.75, 3.05) is 6.54 Å². The fourth-order valence-electron chi connectivity index (χ4n) is 1.76. The van der Waals surface area contributed by atoms with Gasteiger partial charge in [-0.05, 0) is 13.3 Å². The van der Waals surface area contributed by atoms with E-state index in [9.17, 15) is 4.79 Å². The summed E-state index contributed by atoms with van der Waals surface area (Å²) in [6.07, 6.45) is 1.67. The second kappa shape index (κ2) is 2.59. The van der Waals surface area contributed by atoms with Crippen LogP contribution in [-0.4, -0.2) is 29.7 Å². The summed E-state index contributed by atoms with van der Waals surface area (Å²) in [5, 5.41) is 0. The molecule has 1 amide bonds. The van der Waals surface area contributed by atoms with Crippen LogP contribution in [0.1, 0.15) is 19.8 Å². The first kappa shape index (κ1) is 7.80. The summed E-state index contributed by atoms with van der Waals surface area (Å²) < 4.78 is 5.60. The van der Waals surface area contributed by atoms with Crippen molar-refractivity contribution in [2.45, 2.75) is 32.1 Å². The number of amides is 1. The van der Waals surface area contributed by atoms with Crippen molar-refractivity contribution >= 4 is 5.91 Å². The highest BCUT2D eigenvalue weighted by atomic mass is 16.5. The number of hydrogen-bond donors (Lipinski definition) is 0. The van der Waals surface area contributed by atoms with Crippen molar-refractivity contribution < 1.29 is 9.53 Å². The standard InChI is InChI=1S/C9H13NO2/c1-6-3-7(2)12-9-4-8(11)10(9)5-6/h7,9H,1,3-5H2,2H3/t7-,9+/m1/s1. The van der Waals surface area contributed by atoms with E-state index >= 15 is 0 Å². The van der Waals surface area contributed by atoms with Gasteiger partial charge in [0.25, 0.3) is 0 Å². The summed E-state index contributed by atoms with van der Waals surface area (Å²) in [4.78, 5) is 12.8. The monoisotopic (exact) mass is 167 g/mol. The summed E-state index contributed by atoms with van der Waals surface area (Å²) >= 11 is 0. The average molecular weight is 167 g/mol. The SMILES string of the molecule is C=C1C[C@@H](C)O[C@H]2CC(=O)N2C1. The average Bonchev–Trinajstić information content (AvgIpc) is 2.09. The molecule has 12 heavy (non-hydrogen) atoms. The molecule has 2 heterocycles. The second-order valence-electron chi connectivity index (χ2n) is 3.58. The summed E-state index contributed by atoms with van der Waals surface area (Å²) in [7, 11) is 0. The van der Waals surface area contributed by atoms with Gasteiger partial charge in [0, 0.05) is 6.54 Å². The van der Waals surface area contributed by atoms with Gasteiger partial charge in [-0.15, -0.1) is 0 Å². The van der Waals surface area contributed by atoms with Crippen LogP contribution in [0.2, 0.25) is 0 Å². The topological polar surface area (TPSA) is 29.5 Å². The van der Waals surface area contributed by atoms with E-state index in [1.54, 1.807) is 4.90 Å². The number of ether oxygens (including phenoxy) is 1. The molecule has 66 valence electrons. The maximum absolute atomic E-state index is 11.1. The summed E-state index contributed by atoms with van der Waals surface area (Å²) in [6, 6.07) is 0. The summed E-state index contributed by atoms with van der Waals surface area (Å²) in [6.45, 7) is 6.62. The minimum atomic E-state index is 0.0340. The third-order valence-electron chi connectivity index (χ3n) is 2.38. The largest absolute Gasteiger partial charge is 0.354 e. The zero-order valence-corrected chi connectivity index (χ0v) is 7.25. The number of nitrogens with zero attached hydrogens (tertiary/aromatic N) is 1. The van der Waals surface area contributed by atoms with Gasteiger partial charge in [0.2, 0.25) is 5.91 Å². The maximum Gasteiger partial charge on any atom is 0.229 e. The van der Waals surface area contributed by atoms with Crippen molar-refractivity contribution in [3.8, 4) is 0 Å². The third kappa shape index (κ3) is 1.14. The Balaban J connectivity index is 2.09. The zero-order valence-electron chi connectivity index (χ0n) is 7.25. The van der Waals surface area contributed by atoms with Crippen LogP contribution in [-0.2, 0) is 9.53 Å². The molecule has 2 aliphatic rings. The number of hydrogen-bond acceptors (Lipinski definition) is 2. The quantitative estimate of drug-likeness (QED) is 0.396. The summed E-state index contributed by atoms with van der Waals surface area (Å²) in [5.41, 5.74) is 1.10. The molecule has 0 unspecified atom stereocenters. The van der Waals surface area contributed by atoms with Gasteiger partial charge in [-0.1, -0.05) is 12.2 Å². The van der Waals surface area contributed by atoms with E-state index in [1.165, 1.54) is 0 Å². The molecule has 0 spiro atoms. The van der Waals surface area contributed by atoms with Crippen LogP contribution in [0.25, 0.3) is 0 Å². The van der Waals surface area contributed by atoms with E-state index in [2.05, 4.69) is 6.58 Å². The minimum absolute atomic E-state index is 0.0340. The fraction of sp³-hybridized carbons (Fsp3) is 0.667. The lowest BCUT2D eigenvalue weighted by molar-refractivity contribution is -0.176. The van der Waals surface area contributed by atoms with Gasteiger partial charge >= 0.3 is 0 Å². The van der Waals surface area contributed by atoms with Crippen molar-refractivity contribution in [1.29, 1.82) is 0 Å². The van der Waals surface area contributed by atoms with E-state index < -0.39 is 0 Å². The van der Waals surface area contributed by atoms with Crippen LogP contribution in [0.5, 0.6) is 0 Å². The Morgan fingerprint density at radius 1 is 1.58 bits per heavy atom. The second-order valence-corrected chi connectivity index (χ2v) is 3.58. The highest BCUT2D eigenvalue weighted by Crippen LogP contribution is 2.28. The Morgan fingerprint density at radius 3 is 3.00 bits per heavy atom. The Kier molecular flexibility index (Phi) is 1.68. The molecule has 0 saturated carbocycles. The number of rotatable bonds is 0. The normalized spacial score (nSPS) is 35.6. The van der Waals surface area contributed by atoms with Gasteiger partial charge < -0.3 is 9.64 Å². The van der Waals surface area contributed by atoms with Crippen LogP contribution in [0.15, 0.2) is 12.2 Å². The Labute approximate surface area is 72.0 Å². The molecule has 2 saturated heterocycles. The third-order valence-corrected chi connectivity index (χ3v) is 2.38. The van der Waals surface area contributed by atoms with E-state index in [1.807, 2.05) is 6.92 Å². The highest BCUT2D eigenvalue weighted by Gasteiger charge is 2.39. The predicted octanol–water partition coefficient (Wildman–Crippen LogP) is 0.910. The molecule has 0 aromatic heterocycles. The molecule has 2 rings (SSSR count). The number of β-lactam (4-membered cyclic amide) rings is 1. The molecule has 2 atom stereocenters. The highest BCUT2D eigenvalue weighted by molar-refractivity contribution is 5.82. The molecule has 3 heteroatoms. The first-order chi connectivity index (χ1) is 5.66. The molecule has 2 aliphatic heterocycles. The van der Waals surface area contributed by atoms with E-state index in [-0.39, 0.29) is 18.2 Å². The molecule has 0 N–H and O–H groups in total. The van der Waals surface area contributed by atoms with Crippen molar-refractivity contribution in [1.82, 2.24) is 4.90 Å². The number of carbonyl (C=O) groups is 1. The molecule has 0 aliphatic carbocycles. The summed E-state index contributed by atoms with van der Waals surface area (Å²) in [5.74, 6) is 0.190. The molecule has 0 radical (unpaired) electrons. The fourth-order valence-corrected chi connectivity index (χ4v) is 1.76. The lowest BCUT2D eigenvalue weighted by Gasteiger charge is -2.38. The molecular formula is C9H13NO2. The number of fused-ring (bicyclic) bond motifs is 1. The molecule has 0 aromatic carbocycles. The zero-order chi connectivity index (χ0) is 8.72. The Morgan fingerprint density at radius 2 is 2.33 bits per heavy atom. The first-order valence-electron chi connectivity index (χ1n) is 4.28. The number of carbonyl (C=O) groups excluding carboxylic acids is 1. The van der Waals surface area contributed by atoms with E-state index in [0.29, 0.717) is 13.0 Å². The van der Waals surface area contributed by atoms with E-state index in [0.717, 1.165) is 12.0 Å². The van der Waals surface area contributed by atoms with Gasteiger partial charge in [-0.2, -0.15) is 0 Å². The van der Waals surface area contributed by atoms with Crippen molar-refractivity contribution in [3.63, 3.8) is 0 Å². The molecular weight excluding hydrogens is 154 g/mol. The molecule has 0 bridgehead atoms. The molecule has 0 aromatic rings. The minimum Gasteiger partial charge on any atom is -0.354 e.